The largest absolute Gasteiger partial charge is 0.364 e. The molecule has 0 saturated carbocycles. The molecule has 0 radical (unpaired) electrons. The van der Waals surface area contributed by atoms with Gasteiger partial charge in [-0.25, -0.2) is 0 Å². The number of likely N-dealkylation sites (tertiary alicyclic amines) is 1. The first-order valence-corrected chi connectivity index (χ1v) is 12.5. The molecular formula is C29H33N5O. The molecule has 2 N–H and O–H groups in total. The number of aromatic nitrogens is 1. The number of hydrogen-bond donors (Lipinski definition) is 2. The first-order chi connectivity index (χ1) is 17.2. The van der Waals surface area contributed by atoms with Crippen molar-refractivity contribution < 1.29 is 4.79 Å². The molecule has 1 atom stereocenters. The Balaban J connectivity index is 1.17. The molecule has 1 fully saturated rings. The van der Waals surface area contributed by atoms with Crippen LogP contribution in [-0.4, -0.2) is 46.5 Å². The molecule has 1 aromatic heterocycles. The molecule has 1 unspecified atom stereocenters. The Hall–Kier alpha value is -3.64. The maximum absolute atomic E-state index is 12.8. The molecule has 1 saturated heterocycles. The lowest BCUT2D eigenvalue weighted by Crippen LogP contribution is -2.36. The van der Waals surface area contributed by atoms with Crippen LogP contribution in [0.1, 0.15) is 54.2 Å². The first-order valence-electron chi connectivity index (χ1n) is 12.5. The number of nitrogens with one attached hydrogen (secondary N) is 2. The highest BCUT2D eigenvalue weighted by atomic mass is 16.1. The Morgan fingerprint density at radius 1 is 1.14 bits per heavy atom. The van der Waals surface area contributed by atoms with Crippen LogP contribution >= 0.6 is 0 Å². The van der Waals surface area contributed by atoms with Crippen LogP contribution in [-0.2, 0) is 0 Å². The second-order valence-corrected chi connectivity index (χ2v) is 9.32. The number of carbonyl (C=O) groups excluding carboxylic acids is 1. The molecule has 180 valence electrons. The summed E-state index contributed by atoms with van der Waals surface area (Å²) >= 11 is 0. The van der Waals surface area contributed by atoms with Crippen molar-refractivity contribution in [2.24, 2.45) is 0 Å². The number of hydrogen-bond acceptors (Lipinski definition) is 5. The summed E-state index contributed by atoms with van der Waals surface area (Å²) in [5, 5.41) is 6.69. The lowest BCUT2D eigenvalue weighted by Gasteiger charge is -2.26. The second-order valence-electron chi connectivity index (χ2n) is 9.32. The predicted octanol–water partition coefficient (Wildman–Crippen LogP) is 4.73. The lowest BCUT2D eigenvalue weighted by atomic mass is 10.1. The third-order valence-corrected chi connectivity index (χ3v) is 6.85. The minimum Gasteiger partial charge on any atom is -0.364 e. The van der Waals surface area contributed by atoms with E-state index in [-0.39, 0.29) is 12.1 Å². The van der Waals surface area contributed by atoms with Crippen LogP contribution in [0.15, 0.2) is 84.1 Å². The van der Waals surface area contributed by atoms with E-state index in [0.29, 0.717) is 5.56 Å². The minimum absolute atomic E-state index is 0.112. The molecule has 3 aliphatic heterocycles. The molecule has 0 bridgehead atoms. The Kier molecular flexibility index (Phi) is 7.09. The zero-order valence-corrected chi connectivity index (χ0v) is 20.3. The summed E-state index contributed by atoms with van der Waals surface area (Å²) in [7, 11) is 0. The van der Waals surface area contributed by atoms with Crippen LogP contribution in [0.2, 0.25) is 0 Å². The number of rotatable bonds is 8. The highest BCUT2D eigenvalue weighted by Crippen LogP contribution is 2.27. The van der Waals surface area contributed by atoms with Crippen LogP contribution < -0.4 is 10.6 Å². The summed E-state index contributed by atoms with van der Waals surface area (Å²) in [6, 6.07) is 13.4. The van der Waals surface area contributed by atoms with Crippen molar-refractivity contribution in [3.05, 3.63) is 101 Å². The smallest absolute Gasteiger partial charge is 0.255 e. The lowest BCUT2D eigenvalue weighted by molar-refractivity contribution is 0.0966. The van der Waals surface area contributed by atoms with Gasteiger partial charge < -0.3 is 20.4 Å². The number of amides is 1. The van der Waals surface area contributed by atoms with Gasteiger partial charge in [0.2, 0.25) is 0 Å². The normalized spacial score (nSPS) is 19.7. The van der Waals surface area contributed by atoms with E-state index in [1.807, 2.05) is 66.9 Å². The summed E-state index contributed by atoms with van der Waals surface area (Å²) in [5.74, 6) is -0.112. The number of pyridine rings is 1. The van der Waals surface area contributed by atoms with Crippen molar-refractivity contribution in [3.8, 4) is 0 Å². The fourth-order valence-electron chi connectivity index (χ4n) is 4.84. The molecule has 3 aliphatic rings. The minimum atomic E-state index is -0.112. The third-order valence-electron chi connectivity index (χ3n) is 6.85. The molecule has 0 spiro atoms. The molecule has 6 heteroatoms. The molecule has 2 aromatic rings. The molecule has 5 rings (SSSR count). The van der Waals surface area contributed by atoms with E-state index in [9.17, 15) is 4.79 Å². The van der Waals surface area contributed by atoms with E-state index in [1.165, 1.54) is 50.3 Å². The number of fused-ring (bicyclic) bond motifs is 1. The molecular weight excluding hydrogens is 434 g/mol. The van der Waals surface area contributed by atoms with Crippen molar-refractivity contribution in [1.82, 2.24) is 25.4 Å². The van der Waals surface area contributed by atoms with Crippen LogP contribution in [0.5, 0.6) is 0 Å². The highest BCUT2D eigenvalue weighted by Gasteiger charge is 2.28. The van der Waals surface area contributed by atoms with Gasteiger partial charge in [-0.15, -0.1) is 0 Å². The quantitative estimate of drug-likeness (QED) is 0.588. The van der Waals surface area contributed by atoms with E-state index in [1.54, 1.807) is 6.20 Å². The monoisotopic (exact) mass is 467 g/mol. The highest BCUT2D eigenvalue weighted by molar-refractivity contribution is 5.95. The summed E-state index contributed by atoms with van der Waals surface area (Å²) in [6.07, 6.45) is 16.9. The number of carbonyl (C=O) groups is 1. The van der Waals surface area contributed by atoms with Gasteiger partial charge in [0.15, 0.2) is 0 Å². The SMILES string of the molecule is CC1=C(CCCN2CCCC2)NC2C=CC(NC(=O)c3ccc(/C=C/c4ccccn4)cc3)=CN12. The van der Waals surface area contributed by atoms with Crippen molar-refractivity contribution in [3.63, 3.8) is 0 Å². The average Bonchev–Trinajstić information content (AvgIpc) is 3.52. The first kappa shape index (κ1) is 23.1. The number of benzene rings is 1. The summed E-state index contributed by atoms with van der Waals surface area (Å²) in [6.45, 7) is 5.83. The van der Waals surface area contributed by atoms with Crippen molar-refractivity contribution in [2.75, 3.05) is 19.6 Å². The maximum atomic E-state index is 12.8. The van der Waals surface area contributed by atoms with Crippen molar-refractivity contribution in [1.29, 1.82) is 0 Å². The zero-order valence-electron chi connectivity index (χ0n) is 20.3. The van der Waals surface area contributed by atoms with Gasteiger partial charge in [0.25, 0.3) is 5.91 Å². The fraction of sp³-hybridized carbons (Fsp3) is 0.310. The van der Waals surface area contributed by atoms with E-state index in [4.69, 9.17) is 0 Å². The van der Waals surface area contributed by atoms with Gasteiger partial charge in [0, 0.05) is 29.4 Å². The van der Waals surface area contributed by atoms with Gasteiger partial charge in [0.1, 0.15) is 6.17 Å². The molecule has 6 nitrogen and oxygen atoms in total. The second kappa shape index (κ2) is 10.7. The Morgan fingerprint density at radius 3 is 2.74 bits per heavy atom. The summed E-state index contributed by atoms with van der Waals surface area (Å²) in [5.41, 5.74) is 5.89. The van der Waals surface area contributed by atoms with Gasteiger partial charge in [-0.2, -0.15) is 0 Å². The Labute approximate surface area is 207 Å². The van der Waals surface area contributed by atoms with E-state index in [0.717, 1.165) is 23.4 Å². The number of allylic oxidation sites excluding steroid dienone is 3. The van der Waals surface area contributed by atoms with E-state index >= 15 is 0 Å². The molecule has 0 aliphatic carbocycles. The van der Waals surface area contributed by atoms with Crippen LogP contribution in [0, 0.1) is 0 Å². The zero-order chi connectivity index (χ0) is 24.0. The van der Waals surface area contributed by atoms with Crippen LogP contribution in [0.4, 0.5) is 0 Å². The predicted molar refractivity (Wildman–Crippen MR) is 141 cm³/mol. The fourth-order valence-corrected chi connectivity index (χ4v) is 4.84. The molecule has 1 aromatic carbocycles. The maximum Gasteiger partial charge on any atom is 0.255 e. The molecule has 1 amide bonds. The topological polar surface area (TPSA) is 60.5 Å². The summed E-state index contributed by atoms with van der Waals surface area (Å²) in [4.78, 5) is 21.9. The van der Waals surface area contributed by atoms with Gasteiger partial charge >= 0.3 is 0 Å². The summed E-state index contributed by atoms with van der Waals surface area (Å²) < 4.78 is 0. The van der Waals surface area contributed by atoms with E-state index in [2.05, 4.69) is 38.4 Å². The standard InChI is InChI=1S/C29H33N5O/c1-22-27(8-6-20-33-18-4-5-19-33)32-28-16-15-26(21-34(22)28)31-29(35)24-12-9-23(10-13-24)11-14-25-7-2-3-17-30-25/h2-3,7,9-17,21,28,32H,4-6,8,18-20H2,1H3,(H,31,35)/b14-11+. The van der Waals surface area contributed by atoms with Crippen LogP contribution in [0.25, 0.3) is 12.2 Å². The van der Waals surface area contributed by atoms with Gasteiger partial charge in [-0.1, -0.05) is 24.3 Å². The van der Waals surface area contributed by atoms with Gasteiger partial charge in [-0.3, -0.25) is 9.78 Å². The average molecular weight is 468 g/mol. The van der Waals surface area contributed by atoms with E-state index < -0.39 is 0 Å². The van der Waals surface area contributed by atoms with Crippen LogP contribution in [0.3, 0.4) is 0 Å². The molecule has 4 heterocycles. The van der Waals surface area contributed by atoms with Gasteiger partial charge in [0.05, 0.1) is 11.4 Å². The van der Waals surface area contributed by atoms with Gasteiger partial charge in [-0.05, 0) is 100 Å². The Bertz CT molecular complexity index is 1160. The van der Waals surface area contributed by atoms with Crippen molar-refractivity contribution in [2.45, 2.75) is 38.8 Å². The number of nitrogens with zero attached hydrogens (tertiary/aromatic N) is 3. The molecule has 35 heavy (non-hydrogen) atoms. The third kappa shape index (κ3) is 5.72. The van der Waals surface area contributed by atoms with Crippen molar-refractivity contribution >= 4 is 18.1 Å². The Morgan fingerprint density at radius 2 is 1.97 bits per heavy atom.